The fourth-order valence-corrected chi connectivity index (χ4v) is 11.7. The van der Waals surface area contributed by atoms with Crippen LogP contribution in [-0.2, 0) is 0 Å². The summed E-state index contributed by atoms with van der Waals surface area (Å²) >= 11 is 0. The second-order valence-corrected chi connectivity index (χ2v) is 14.7. The molecule has 0 aliphatic carbocycles. The molecule has 0 bridgehead atoms. The molecule has 1 heterocycles. The molecule has 0 saturated carbocycles. The minimum absolute atomic E-state index is 0.100. The molecule has 0 unspecified atom stereocenters. The molecule has 1 aliphatic rings. The van der Waals surface area contributed by atoms with Gasteiger partial charge in [-0.25, -0.2) is 35.1 Å². The van der Waals surface area contributed by atoms with E-state index in [0.29, 0.717) is 5.56 Å². The van der Waals surface area contributed by atoms with Gasteiger partial charge in [0.2, 0.25) is 11.6 Å². The molecular formula is C37H22BF10P. The Bertz CT molecular complexity index is 2130. The first kappa shape index (κ1) is 34.0. The molecule has 0 fully saturated rings. The molecule has 0 N–H and O–H groups in total. The quantitative estimate of drug-likeness (QED) is 0.0550. The van der Waals surface area contributed by atoms with Gasteiger partial charge in [-0.1, -0.05) is 96.4 Å². The minimum Gasteiger partial charge on any atom is -0.498 e. The summed E-state index contributed by atoms with van der Waals surface area (Å²) in [6.45, 7) is 5.27. The average Bonchev–Trinajstić information content (AvgIpc) is 3.11. The van der Waals surface area contributed by atoms with Gasteiger partial charge < -0.3 is 4.32 Å². The van der Waals surface area contributed by atoms with Crippen molar-refractivity contribution in [1.82, 2.24) is 0 Å². The second kappa shape index (κ2) is 12.5. The maximum Gasteiger partial charge on any atom is 0.250 e. The topological polar surface area (TPSA) is 0 Å². The molecule has 5 aromatic rings. The molecule has 0 nitrogen and oxygen atoms in total. The molecule has 49 heavy (non-hydrogen) atoms. The van der Waals surface area contributed by atoms with Gasteiger partial charge in [-0.15, -0.1) is 5.47 Å². The molecule has 12 heteroatoms. The molecule has 0 amide bonds. The van der Waals surface area contributed by atoms with E-state index in [2.05, 4.69) is 6.58 Å². The zero-order chi connectivity index (χ0) is 35.4. The monoisotopic (exact) mass is 698 g/mol. The number of rotatable bonds is 6. The predicted octanol–water partition coefficient (Wildman–Crippen LogP) is 8.36. The molecule has 0 spiro atoms. The molecule has 0 aromatic heterocycles. The van der Waals surface area contributed by atoms with E-state index in [9.17, 15) is 13.2 Å². The van der Waals surface area contributed by atoms with Gasteiger partial charge in [-0.05, 0) is 42.3 Å². The van der Waals surface area contributed by atoms with Crippen molar-refractivity contribution in [1.29, 1.82) is 0 Å². The zero-order valence-corrected chi connectivity index (χ0v) is 26.2. The van der Waals surface area contributed by atoms with Crippen LogP contribution < -0.4 is 26.8 Å². The van der Waals surface area contributed by atoms with E-state index in [0.717, 1.165) is 6.08 Å². The van der Waals surface area contributed by atoms with Crippen LogP contribution in [-0.4, -0.2) is 6.42 Å². The number of halogens is 10. The second-order valence-electron chi connectivity index (χ2n) is 11.4. The van der Waals surface area contributed by atoms with E-state index in [-0.39, 0.29) is 21.5 Å². The molecule has 0 radical (unpaired) electrons. The lowest BCUT2D eigenvalue weighted by molar-refractivity contribution is 0.383. The molecule has 5 aromatic carbocycles. The van der Waals surface area contributed by atoms with Crippen molar-refractivity contribution in [2.24, 2.45) is 0 Å². The summed E-state index contributed by atoms with van der Waals surface area (Å²) < 4.78 is 159. The van der Waals surface area contributed by atoms with Crippen LogP contribution in [0.5, 0.6) is 0 Å². The van der Waals surface area contributed by atoms with Crippen molar-refractivity contribution >= 4 is 46.6 Å². The van der Waals surface area contributed by atoms with Crippen molar-refractivity contribution in [3.05, 3.63) is 178 Å². The van der Waals surface area contributed by atoms with E-state index in [1.54, 1.807) is 30.3 Å². The van der Waals surface area contributed by atoms with Crippen LogP contribution >= 0.6 is 7.26 Å². The number of benzene rings is 5. The smallest absolute Gasteiger partial charge is 0.250 e. The van der Waals surface area contributed by atoms with Crippen molar-refractivity contribution in [2.45, 2.75) is 6.92 Å². The standard InChI is InChI=1S/C37H22BF10P/c1-20(2)36-24(19-18-21-12-6-3-7-13-21)38(48,25-27(39)30(42)33(45)31(43)28(25)40)26-29(41)32(44)34(46)35(47)37(26)49(36,22-14-8-4-9-15-22)23-16-10-5-11-17-23/h3-19H,1H2,2H3/t38-/m0/s1. The molecular weight excluding hydrogens is 676 g/mol. The van der Waals surface area contributed by atoms with E-state index in [4.69, 9.17) is 0 Å². The van der Waals surface area contributed by atoms with Gasteiger partial charge in [0, 0.05) is 0 Å². The number of hydrogen-bond donors (Lipinski definition) is 0. The van der Waals surface area contributed by atoms with Gasteiger partial charge in [0.1, 0.15) is 40.6 Å². The Morgan fingerprint density at radius 1 is 0.531 bits per heavy atom. The molecule has 0 saturated heterocycles. The lowest BCUT2D eigenvalue weighted by Gasteiger charge is -2.47. The zero-order valence-electron chi connectivity index (χ0n) is 25.3. The van der Waals surface area contributed by atoms with Crippen molar-refractivity contribution in [3.8, 4) is 0 Å². The normalized spacial score (nSPS) is 17.0. The minimum atomic E-state index is -5.40. The SMILES string of the molecule is C=C(C)C1=C(C=Cc2ccccc2)[B@-](F)(c2c(F)c(F)c(F)c(F)c2F)c2c(F)c(F)c(F)c(F)c2[P+]1(c1ccccc1)c1ccccc1. The lowest BCUT2D eigenvalue weighted by Crippen LogP contribution is -2.69. The summed E-state index contributed by atoms with van der Waals surface area (Å²) in [6.07, 6.45) is -3.23. The maximum absolute atomic E-state index is 18.7. The summed E-state index contributed by atoms with van der Waals surface area (Å²) in [4.78, 5) is 0. The van der Waals surface area contributed by atoms with Crippen molar-refractivity contribution < 1.29 is 43.8 Å². The predicted molar refractivity (Wildman–Crippen MR) is 175 cm³/mol. The maximum atomic E-state index is 18.7. The first-order valence-electron chi connectivity index (χ1n) is 14.7. The van der Waals surface area contributed by atoms with Crippen LogP contribution in [0.4, 0.5) is 43.8 Å². The number of fused-ring (bicyclic) bond motifs is 1. The third-order valence-electron chi connectivity index (χ3n) is 8.64. The summed E-state index contributed by atoms with van der Waals surface area (Å²) in [7, 11) is -4.23. The van der Waals surface area contributed by atoms with Gasteiger partial charge >= 0.3 is 0 Å². The molecule has 1 atom stereocenters. The highest BCUT2D eigenvalue weighted by atomic mass is 31.2. The van der Waals surface area contributed by atoms with Gasteiger partial charge in [-0.3, -0.25) is 0 Å². The van der Waals surface area contributed by atoms with Gasteiger partial charge in [0.05, 0.1) is 5.31 Å². The number of hydrogen-bond acceptors (Lipinski definition) is 0. The summed E-state index contributed by atoms with van der Waals surface area (Å²) in [5, 5.41) is -1.22. The van der Waals surface area contributed by atoms with Crippen LogP contribution in [0.2, 0.25) is 0 Å². The highest BCUT2D eigenvalue weighted by Gasteiger charge is 2.62. The lowest BCUT2D eigenvalue weighted by atomic mass is 9.29. The van der Waals surface area contributed by atoms with E-state index in [1.165, 1.54) is 73.7 Å². The molecule has 248 valence electrons. The van der Waals surface area contributed by atoms with E-state index >= 15 is 30.7 Å². The van der Waals surface area contributed by atoms with E-state index in [1.807, 2.05) is 0 Å². The summed E-state index contributed by atoms with van der Waals surface area (Å²) in [5.41, 5.74) is -4.54. The molecule has 1 aliphatic heterocycles. The van der Waals surface area contributed by atoms with Gasteiger partial charge in [0.25, 0.3) is 6.42 Å². The van der Waals surface area contributed by atoms with Gasteiger partial charge in [0.15, 0.2) is 23.3 Å². The summed E-state index contributed by atoms with van der Waals surface area (Å²) in [5.74, 6) is -22.6. The van der Waals surface area contributed by atoms with Crippen LogP contribution in [0.15, 0.2) is 120 Å². The fraction of sp³-hybridized carbons (Fsp3) is 0.0270. The van der Waals surface area contributed by atoms with E-state index < -0.39 is 87.7 Å². The van der Waals surface area contributed by atoms with Gasteiger partial charge in [-0.2, -0.15) is 4.39 Å². The fourth-order valence-electron chi connectivity index (χ4n) is 6.71. The highest BCUT2D eigenvalue weighted by molar-refractivity contribution is 8.00. The van der Waals surface area contributed by atoms with Crippen LogP contribution in [0.25, 0.3) is 6.08 Å². The Kier molecular flexibility index (Phi) is 8.69. The van der Waals surface area contributed by atoms with Crippen LogP contribution in [0.1, 0.15) is 12.5 Å². The Morgan fingerprint density at radius 3 is 1.37 bits per heavy atom. The first-order chi connectivity index (χ1) is 23.3. The Labute approximate surface area is 275 Å². The highest BCUT2D eigenvalue weighted by Crippen LogP contribution is 2.68. The Balaban J connectivity index is 2.00. The Morgan fingerprint density at radius 2 is 0.918 bits per heavy atom. The Hall–Kier alpha value is -4.89. The largest absolute Gasteiger partial charge is 0.498 e. The van der Waals surface area contributed by atoms with Crippen LogP contribution in [0.3, 0.4) is 0 Å². The number of allylic oxidation sites excluding steroid dienone is 4. The van der Waals surface area contributed by atoms with Crippen molar-refractivity contribution in [3.63, 3.8) is 0 Å². The average molecular weight is 698 g/mol. The third-order valence-corrected chi connectivity index (χ3v) is 13.2. The molecule has 6 rings (SSSR count). The van der Waals surface area contributed by atoms with Crippen molar-refractivity contribution in [2.75, 3.05) is 0 Å². The van der Waals surface area contributed by atoms with Crippen LogP contribution in [0, 0.1) is 52.4 Å². The summed E-state index contributed by atoms with van der Waals surface area (Å²) in [6, 6.07) is 22.8. The first-order valence-corrected chi connectivity index (χ1v) is 16.5. The third kappa shape index (κ3) is 4.89.